The number of thiophene rings is 1. The minimum Gasteiger partial charge on any atom is -0.316 e. The third-order valence-corrected chi connectivity index (χ3v) is 7.00. The predicted molar refractivity (Wildman–Crippen MR) is 122 cm³/mol. The van der Waals surface area contributed by atoms with Crippen LogP contribution >= 0.6 is 23.3 Å². The van der Waals surface area contributed by atoms with Gasteiger partial charge in [0.25, 0.3) is 0 Å². The van der Waals surface area contributed by atoms with Crippen molar-refractivity contribution in [3.05, 3.63) is 81.2 Å². The first-order valence-electron chi connectivity index (χ1n) is 9.93. The lowest BCUT2D eigenvalue weighted by Crippen LogP contribution is -2.29. The lowest BCUT2D eigenvalue weighted by Gasteiger charge is -2.26. The number of nitrogens with one attached hydrogen (secondary N) is 1. The summed E-state index contributed by atoms with van der Waals surface area (Å²) in [5.41, 5.74) is 2.57. The first-order valence-corrected chi connectivity index (χ1v) is 11.6. The van der Waals surface area contributed by atoms with Crippen molar-refractivity contribution in [2.45, 2.75) is 30.8 Å². The highest BCUT2D eigenvalue weighted by molar-refractivity contribution is 7.97. The Morgan fingerprint density at radius 2 is 2.03 bits per heavy atom. The summed E-state index contributed by atoms with van der Waals surface area (Å²) in [5.74, 6) is -1.11. The molecule has 0 radical (unpaired) electrons. The van der Waals surface area contributed by atoms with Crippen molar-refractivity contribution in [3.8, 4) is 6.07 Å². The van der Waals surface area contributed by atoms with Crippen molar-refractivity contribution in [1.82, 2.24) is 4.90 Å². The van der Waals surface area contributed by atoms with Crippen molar-refractivity contribution in [3.63, 3.8) is 0 Å². The number of nitrogens with zero attached hydrogens (tertiary/aromatic N) is 2. The molecule has 1 aliphatic rings. The van der Waals surface area contributed by atoms with Crippen LogP contribution in [0.5, 0.6) is 0 Å². The molecule has 0 saturated carbocycles. The molecule has 9 heteroatoms. The number of carbonyl (C=O) groups is 1. The minimum absolute atomic E-state index is 0.188. The van der Waals surface area contributed by atoms with E-state index in [1.807, 2.05) is 29.2 Å². The predicted octanol–water partition coefficient (Wildman–Crippen LogP) is 4.60. The fraction of sp³-hybridized carbons (Fsp3) is 0.217. The fourth-order valence-corrected chi connectivity index (χ4v) is 5.30. The molecule has 1 aromatic heterocycles. The number of hydrogen-bond acceptors (Lipinski definition) is 6. The summed E-state index contributed by atoms with van der Waals surface area (Å²) < 4.78 is 27.5. The van der Waals surface area contributed by atoms with Crippen LogP contribution in [0.25, 0.3) is 0 Å². The van der Waals surface area contributed by atoms with E-state index in [0.717, 1.165) is 45.0 Å². The number of fused-ring (bicyclic) bond motifs is 1. The van der Waals surface area contributed by atoms with Crippen LogP contribution in [-0.2, 0) is 30.7 Å². The monoisotopic (exact) mass is 470 g/mol. The number of carbonyl (C=O) groups excluding carboxylic acids is 1. The Balaban J connectivity index is 1.46. The summed E-state index contributed by atoms with van der Waals surface area (Å²) in [6, 6.07) is 13.1. The van der Waals surface area contributed by atoms with Gasteiger partial charge in [0.1, 0.15) is 22.7 Å². The highest BCUT2D eigenvalue weighted by atomic mass is 32.2. The van der Waals surface area contributed by atoms with Crippen LogP contribution in [-0.4, -0.2) is 17.4 Å². The van der Waals surface area contributed by atoms with Crippen molar-refractivity contribution in [2.24, 2.45) is 5.14 Å². The van der Waals surface area contributed by atoms with E-state index in [9.17, 15) is 18.8 Å². The smallest absolute Gasteiger partial charge is 0.229 e. The number of anilines is 1. The standard InChI is InChI=1S/C23H20F2N4OS2/c24-16-3-6-20(25)15(10-16)12-29-8-7-18-19(11-26)23(31-21(18)13-29)28-22(30)9-14-1-4-17(32-27)5-2-14/h1-6,10H,7-9,12-13,27H2,(H,28,30). The van der Waals surface area contributed by atoms with E-state index in [1.54, 1.807) is 0 Å². The SMILES string of the molecule is N#Cc1c(NC(=O)Cc2ccc(SN)cc2)sc2c1CCN(Cc1cc(F)ccc1F)C2. The molecule has 3 N–H and O–H groups in total. The van der Waals surface area contributed by atoms with Gasteiger partial charge in [-0.25, -0.2) is 8.78 Å². The minimum atomic E-state index is -0.469. The van der Waals surface area contributed by atoms with E-state index < -0.39 is 11.6 Å². The van der Waals surface area contributed by atoms with Crippen molar-refractivity contribution < 1.29 is 13.6 Å². The molecule has 0 saturated heterocycles. The Morgan fingerprint density at radius 1 is 1.25 bits per heavy atom. The van der Waals surface area contributed by atoms with Gasteiger partial charge in [0.05, 0.1) is 12.0 Å². The van der Waals surface area contributed by atoms with Gasteiger partial charge in [-0.2, -0.15) is 5.26 Å². The van der Waals surface area contributed by atoms with Gasteiger partial charge in [0.2, 0.25) is 5.91 Å². The second kappa shape index (κ2) is 9.79. The molecule has 1 aliphatic heterocycles. The third-order valence-electron chi connectivity index (χ3n) is 5.33. The molecule has 0 bridgehead atoms. The Kier molecular flexibility index (Phi) is 6.86. The summed E-state index contributed by atoms with van der Waals surface area (Å²) in [5, 5.41) is 18.6. The van der Waals surface area contributed by atoms with Gasteiger partial charge >= 0.3 is 0 Å². The van der Waals surface area contributed by atoms with Crippen LogP contribution in [0.1, 0.15) is 27.1 Å². The van der Waals surface area contributed by atoms with Gasteiger partial charge in [-0.15, -0.1) is 11.3 Å². The van der Waals surface area contributed by atoms with E-state index in [2.05, 4.69) is 11.4 Å². The zero-order valence-corrected chi connectivity index (χ0v) is 18.7. The van der Waals surface area contributed by atoms with Crippen molar-refractivity contribution in [2.75, 3.05) is 11.9 Å². The summed E-state index contributed by atoms with van der Waals surface area (Å²) in [7, 11) is 0. The van der Waals surface area contributed by atoms with Crippen molar-refractivity contribution in [1.29, 1.82) is 5.26 Å². The Labute approximate surface area is 193 Å². The largest absolute Gasteiger partial charge is 0.316 e. The first-order chi connectivity index (χ1) is 15.5. The van der Waals surface area contributed by atoms with Crippen LogP contribution < -0.4 is 10.5 Å². The maximum atomic E-state index is 14.0. The van der Waals surface area contributed by atoms with Crippen LogP contribution in [0.4, 0.5) is 13.8 Å². The zero-order chi connectivity index (χ0) is 22.7. The van der Waals surface area contributed by atoms with Gasteiger partial charge in [-0.05, 0) is 59.8 Å². The number of hydrogen-bond donors (Lipinski definition) is 2. The molecular formula is C23H20F2N4OS2. The Hall–Kier alpha value is -2.77. The average Bonchev–Trinajstić information content (AvgIpc) is 3.12. The molecule has 0 aliphatic carbocycles. The van der Waals surface area contributed by atoms with Gasteiger partial charge in [-0.3, -0.25) is 14.8 Å². The molecule has 2 heterocycles. The number of rotatable bonds is 6. The molecule has 0 spiro atoms. The molecule has 4 rings (SSSR count). The Bertz CT molecular complexity index is 1190. The van der Waals surface area contributed by atoms with Crippen molar-refractivity contribution >= 4 is 34.2 Å². The number of amides is 1. The molecule has 5 nitrogen and oxygen atoms in total. The molecular weight excluding hydrogens is 450 g/mol. The molecule has 164 valence electrons. The summed E-state index contributed by atoms with van der Waals surface area (Å²) >= 11 is 2.51. The normalized spacial score (nSPS) is 13.4. The lowest BCUT2D eigenvalue weighted by molar-refractivity contribution is -0.115. The van der Waals surface area contributed by atoms with Crippen LogP contribution in [0, 0.1) is 23.0 Å². The van der Waals surface area contributed by atoms with E-state index in [0.29, 0.717) is 35.6 Å². The average molecular weight is 471 g/mol. The maximum absolute atomic E-state index is 14.0. The molecule has 32 heavy (non-hydrogen) atoms. The molecule has 0 fully saturated rings. The number of nitriles is 1. The van der Waals surface area contributed by atoms with Gasteiger partial charge in [0.15, 0.2) is 0 Å². The number of nitrogens with two attached hydrogens (primary N) is 1. The summed E-state index contributed by atoms with van der Waals surface area (Å²) in [6.07, 6.45) is 0.799. The van der Waals surface area contributed by atoms with E-state index in [4.69, 9.17) is 5.14 Å². The number of halogens is 2. The molecule has 0 atom stereocenters. The fourth-order valence-electron chi connectivity index (χ4n) is 3.75. The number of benzene rings is 2. The summed E-state index contributed by atoms with van der Waals surface area (Å²) in [4.78, 5) is 16.4. The zero-order valence-electron chi connectivity index (χ0n) is 17.0. The molecule has 1 amide bonds. The summed E-state index contributed by atoms with van der Waals surface area (Å²) in [6.45, 7) is 1.41. The first kappa shape index (κ1) is 22.4. The van der Waals surface area contributed by atoms with Gasteiger partial charge < -0.3 is 5.32 Å². The maximum Gasteiger partial charge on any atom is 0.229 e. The van der Waals surface area contributed by atoms with E-state index in [-0.39, 0.29) is 18.9 Å². The molecule has 2 aromatic carbocycles. The third kappa shape index (κ3) is 5.00. The second-order valence-electron chi connectivity index (χ2n) is 7.50. The lowest BCUT2D eigenvalue weighted by atomic mass is 10.0. The van der Waals surface area contributed by atoms with Gasteiger partial charge in [0, 0.05) is 35.0 Å². The second-order valence-corrected chi connectivity index (χ2v) is 9.32. The van der Waals surface area contributed by atoms with Crippen LogP contribution in [0.2, 0.25) is 0 Å². The van der Waals surface area contributed by atoms with E-state index in [1.165, 1.54) is 17.4 Å². The van der Waals surface area contributed by atoms with Crippen LogP contribution in [0.15, 0.2) is 47.4 Å². The van der Waals surface area contributed by atoms with Crippen LogP contribution in [0.3, 0.4) is 0 Å². The molecule has 0 unspecified atom stereocenters. The van der Waals surface area contributed by atoms with Gasteiger partial charge in [-0.1, -0.05) is 12.1 Å². The quantitative estimate of drug-likeness (QED) is 0.515. The van der Waals surface area contributed by atoms with E-state index >= 15 is 0 Å². The highest BCUT2D eigenvalue weighted by Gasteiger charge is 2.26. The molecule has 3 aromatic rings. The topological polar surface area (TPSA) is 82.1 Å². The highest BCUT2D eigenvalue weighted by Crippen LogP contribution is 2.37. The Morgan fingerprint density at radius 3 is 2.75 bits per heavy atom.